The largest absolute Gasteiger partial charge is 0.514 e. The predicted molar refractivity (Wildman–Crippen MR) is 194 cm³/mol. The van der Waals surface area contributed by atoms with Crippen LogP contribution in [0.3, 0.4) is 0 Å². The van der Waals surface area contributed by atoms with Crippen LogP contribution in [-0.4, -0.2) is 81.7 Å². The molecule has 2 aromatic rings. The third kappa shape index (κ3) is 8.00. The highest BCUT2D eigenvalue weighted by Crippen LogP contribution is 2.65. The fourth-order valence-electron chi connectivity index (χ4n) is 8.27. The van der Waals surface area contributed by atoms with Crippen LogP contribution in [0.2, 0.25) is 6.32 Å². The third-order valence-electron chi connectivity index (χ3n) is 11.0. The molecule has 2 bridgehead atoms. The minimum atomic E-state index is -0.952. The normalized spacial score (nSPS) is 25.2. The first-order chi connectivity index (χ1) is 24.3. The van der Waals surface area contributed by atoms with Crippen molar-refractivity contribution >= 4 is 25.2 Å². The zero-order chi connectivity index (χ0) is 37.8. The van der Waals surface area contributed by atoms with Crippen LogP contribution in [-0.2, 0) is 43.0 Å². The number of amides is 1. The molecule has 1 aromatic heterocycles. The molecular weight excluding hydrogens is 665 g/mol. The number of rotatable bonds is 11. The standard InChI is InChI=1S/C39H56BN3O9/c1-11-12-26-19-42(23-41-26)22-31(44)43-20-27(21-43)47-28-14-13-24(15-16-40-51-30-18-25-17-29(38(25,8)9)39(30,10)52-40)33(48-35(46)50-37(5,6)7)32(28)34(45)49-36(2,3)4/h13-14,19,23,25,27,29-30H,11-12,15-18,20-22H2,1-10H3/t25-,29-,30+,39-/m0/s1. The zero-order valence-corrected chi connectivity index (χ0v) is 32.6. The van der Waals surface area contributed by atoms with E-state index in [1.54, 1.807) is 69.5 Å². The van der Waals surface area contributed by atoms with Crippen molar-refractivity contribution in [3.05, 3.63) is 41.5 Å². The fraction of sp³-hybridized carbons (Fsp3) is 0.692. The van der Waals surface area contributed by atoms with Gasteiger partial charge in [0.15, 0.2) is 5.75 Å². The number of ether oxygens (including phenoxy) is 4. The molecule has 13 heteroatoms. The summed E-state index contributed by atoms with van der Waals surface area (Å²) in [6.45, 7) is 20.3. The second kappa shape index (κ2) is 14.0. The van der Waals surface area contributed by atoms with Crippen LogP contribution in [0, 0.1) is 17.3 Å². The quantitative estimate of drug-likeness (QED) is 0.141. The predicted octanol–water partition coefficient (Wildman–Crippen LogP) is 6.67. The Labute approximate surface area is 308 Å². The number of aryl methyl sites for hydroxylation is 2. The van der Waals surface area contributed by atoms with Gasteiger partial charge < -0.3 is 37.7 Å². The van der Waals surface area contributed by atoms with E-state index in [1.165, 1.54) is 0 Å². The van der Waals surface area contributed by atoms with Gasteiger partial charge in [0, 0.05) is 6.20 Å². The van der Waals surface area contributed by atoms with Gasteiger partial charge in [-0.15, -0.1) is 0 Å². The molecule has 284 valence electrons. The van der Waals surface area contributed by atoms with E-state index < -0.39 is 30.4 Å². The van der Waals surface area contributed by atoms with Crippen LogP contribution in [0.1, 0.15) is 110 Å². The molecule has 0 unspecified atom stereocenters. The Morgan fingerprint density at radius 2 is 1.71 bits per heavy atom. The lowest BCUT2D eigenvalue weighted by Gasteiger charge is -2.64. The summed E-state index contributed by atoms with van der Waals surface area (Å²) in [4.78, 5) is 46.2. The molecule has 3 saturated carbocycles. The summed E-state index contributed by atoms with van der Waals surface area (Å²) in [5.41, 5.74) is -0.279. The summed E-state index contributed by atoms with van der Waals surface area (Å²) >= 11 is 0. The molecule has 52 heavy (non-hydrogen) atoms. The highest BCUT2D eigenvalue weighted by Gasteiger charge is 2.67. The fourth-order valence-corrected chi connectivity index (χ4v) is 8.27. The minimum Gasteiger partial charge on any atom is -0.486 e. The van der Waals surface area contributed by atoms with Crippen molar-refractivity contribution in [2.45, 2.75) is 143 Å². The summed E-state index contributed by atoms with van der Waals surface area (Å²) in [6.07, 6.45) is 7.13. The van der Waals surface area contributed by atoms with Gasteiger partial charge in [-0.25, -0.2) is 14.6 Å². The molecule has 7 rings (SSSR count). The van der Waals surface area contributed by atoms with Crippen molar-refractivity contribution in [2.24, 2.45) is 17.3 Å². The topological polar surface area (TPSA) is 128 Å². The van der Waals surface area contributed by atoms with Crippen molar-refractivity contribution in [1.82, 2.24) is 14.5 Å². The Morgan fingerprint density at radius 3 is 2.37 bits per heavy atom. The van der Waals surface area contributed by atoms with Crippen LogP contribution in [0.25, 0.3) is 0 Å². The maximum Gasteiger partial charge on any atom is 0.514 e. The summed E-state index contributed by atoms with van der Waals surface area (Å²) in [5, 5.41) is 0. The Bertz CT molecular complexity index is 1670. The van der Waals surface area contributed by atoms with Gasteiger partial charge in [-0.2, -0.15) is 0 Å². The highest BCUT2D eigenvalue weighted by atomic mass is 16.7. The lowest BCUT2D eigenvalue weighted by Crippen LogP contribution is -2.65. The molecule has 12 nitrogen and oxygen atoms in total. The van der Waals surface area contributed by atoms with E-state index in [0.29, 0.717) is 43.2 Å². The van der Waals surface area contributed by atoms with E-state index in [0.717, 1.165) is 31.4 Å². The number of hydrogen-bond acceptors (Lipinski definition) is 10. The summed E-state index contributed by atoms with van der Waals surface area (Å²) in [5.74, 6) is 0.516. The van der Waals surface area contributed by atoms with Gasteiger partial charge in [0.1, 0.15) is 35.2 Å². The van der Waals surface area contributed by atoms with Crippen molar-refractivity contribution in [3.8, 4) is 11.5 Å². The van der Waals surface area contributed by atoms with Gasteiger partial charge in [-0.1, -0.05) is 33.3 Å². The molecule has 3 aliphatic carbocycles. The first-order valence-electron chi connectivity index (χ1n) is 18.8. The number of nitrogens with zero attached hydrogens (tertiary/aromatic N) is 3. The third-order valence-corrected chi connectivity index (χ3v) is 11.0. The molecule has 3 heterocycles. The SMILES string of the molecule is CCCc1cn(CC(=O)N2CC(Oc3ccc(CCB4O[C@@H]5C[C@@H]6C[C@@H](C6(C)C)[C@]5(C)O4)c(OC(=O)OC(C)(C)C)c3C(=O)OC(C)(C)C)C2)cn1. The van der Waals surface area contributed by atoms with E-state index in [1.807, 2.05) is 6.20 Å². The van der Waals surface area contributed by atoms with Crippen LogP contribution < -0.4 is 9.47 Å². The number of imidazole rings is 1. The molecule has 2 saturated heterocycles. The van der Waals surface area contributed by atoms with Crippen molar-refractivity contribution < 1.29 is 42.6 Å². The molecule has 0 radical (unpaired) electrons. The summed E-state index contributed by atoms with van der Waals surface area (Å²) in [6, 6.07) is 3.50. The molecule has 2 aliphatic heterocycles. The molecule has 5 fully saturated rings. The van der Waals surface area contributed by atoms with Gasteiger partial charge in [0.2, 0.25) is 5.91 Å². The number of carbonyl (C=O) groups excluding carboxylic acids is 3. The van der Waals surface area contributed by atoms with E-state index >= 15 is 0 Å². The zero-order valence-electron chi connectivity index (χ0n) is 32.6. The minimum absolute atomic E-state index is 0.0126. The molecule has 1 amide bonds. The number of benzene rings is 1. The van der Waals surface area contributed by atoms with Crippen molar-refractivity contribution in [1.29, 1.82) is 0 Å². The molecule has 0 spiro atoms. The molecule has 5 aliphatic rings. The van der Waals surface area contributed by atoms with E-state index in [4.69, 9.17) is 28.3 Å². The average molecular weight is 722 g/mol. The number of likely N-dealkylation sites (tertiary alicyclic amines) is 1. The molecule has 4 atom stereocenters. The summed E-state index contributed by atoms with van der Waals surface area (Å²) in [7, 11) is -0.445. The second-order valence-electron chi connectivity index (χ2n) is 17.8. The molecule has 1 aromatic carbocycles. The van der Waals surface area contributed by atoms with Crippen molar-refractivity contribution in [2.75, 3.05) is 13.1 Å². The first-order valence-corrected chi connectivity index (χ1v) is 18.8. The van der Waals surface area contributed by atoms with Crippen LogP contribution >= 0.6 is 0 Å². The first kappa shape index (κ1) is 38.2. The van der Waals surface area contributed by atoms with Gasteiger partial charge >= 0.3 is 19.2 Å². The van der Waals surface area contributed by atoms with Crippen LogP contribution in [0.4, 0.5) is 4.79 Å². The van der Waals surface area contributed by atoms with Crippen molar-refractivity contribution in [3.63, 3.8) is 0 Å². The van der Waals surface area contributed by atoms with Crippen LogP contribution in [0.5, 0.6) is 11.5 Å². The number of carbonyl (C=O) groups is 3. The Kier molecular flexibility index (Phi) is 10.3. The van der Waals surface area contributed by atoms with Crippen LogP contribution in [0.15, 0.2) is 24.7 Å². The van der Waals surface area contributed by atoms with Gasteiger partial charge in [0.05, 0.1) is 36.8 Å². The Hall–Kier alpha value is -3.58. The Balaban J connectivity index is 1.21. The number of hydrogen-bond donors (Lipinski definition) is 0. The number of aromatic nitrogens is 2. The molecular formula is C39H56BN3O9. The van der Waals surface area contributed by atoms with E-state index in [2.05, 4.69) is 32.7 Å². The van der Waals surface area contributed by atoms with Gasteiger partial charge in [-0.05, 0) is 109 Å². The smallest absolute Gasteiger partial charge is 0.486 e. The monoisotopic (exact) mass is 721 g/mol. The van der Waals surface area contributed by atoms with E-state index in [9.17, 15) is 14.4 Å². The lowest BCUT2D eigenvalue weighted by molar-refractivity contribution is -0.199. The Morgan fingerprint density at radius 1 is 1.00 bits per heavy atom. The maximum atomic E-state index is 14.0. The average Bonchev–Trinajstić information content (AvgIpc) is 3.58. The number of esters is 1. The highest BCUT2D eigenvalue weighted by molar-refractivity contribution is 6.45. The lowest BCUT2D eigenvalue weighted by atomic mass is 9.43. The van der Waals surface area contributed by atoms with E-state index in [-0.39, 0.29) is 52.7 Å². The second-order valence-corrected chi connectivity index (χ2v) is 17.8. The maximum absolute atomic E-state index is 14.0. The molecule has 0 N–H and O–H groups in total. The summed E-state index contributed by atoms with van der Waals surface area (Å²) < 4.78 is 38.6. The van der Waals surface area contributed by atoms with Gasteiger partial charge in [0.25, 0.3) is 0 Å². The van der Waals surface area contributed by atoms with Gasteiger partial charge in [-0.3, -0.25) is 4.79 Å².